The summed E-state index contributed by atoms with van der Waals surface area (Å²) in [4.78, 5) is 15.6. The number of aromatic nitrogens is 1. The second-order valence-corrected chi connectivity index (χ2v) is 5.13. The lowest BCUT2D eigenvalue weighted by Crippen LogP contribution is -2.03. The molecule has 3 rings (SSSR count). The van der Waals surface area contributed by atoms with Crippen LogP contribution in [0.3, 0.4) is 0 Å². The molecule has 4 heteroatoms. The average molecular weight is 305 g/mol. The molecule has 0 fully saturated rings. The maximum atomic E-state index is 11.2. The lowest BCUT2D eigenvalue weighted by molar-refractivity contribution is 0.0659. The number of nitrogens with zero attached hydrogens (tertiary/aromatic N) is 1. The highest BCUT2D eigenvalue weighted by molar-refractivity contribution is 5.85. The molecule has 0 amide bonds. The Kier molecular flexibility index (Phi) is 4.09. The van der Waals surface area contributed by atoms with E-state index in [4.69, 9.17) is 4.42 Å². The molecule has 0 bridgehead atoms. The van der Waals surface area contributed by atoms with Crippen LogP contribution in [0.1, 0.15) is 33.6 Å². The molecule has 1 N–H and O–H groups in total. The number of hydrogen-bond donors (Lipinski definition) is 1. The number of aryl methyl sites for hydroxylation is 1. The third kappa shape index (κ3) is 3.07. The number of hydrogen-bond acceptors (Lipinski definition) is 3. The van der Waals surface area contributed by atoms with E-state index in [0.29, 0.717) is 11.6 Å². The summed E-state index contributed by atoms with van der Waals surface area (Å²) in [7, 11) is 0. The van der Waals surface area contributed by atoms with Crippen LogP contribution in [0.25, 0.3) is 0 Å². The number of carboxylic acids is 1. The van der Waals surface area contributed by atoms with E-state index in [1.54, 1.807) is 6.92 Å². The zero-order valence-electron chi connectivity index (χ0n) is 12.6. The Hall–Kier alpha value is -3.10. The van der Waals surface area contributed by atoms with Crippen LogP contribution in [0.5, 0.6) is 0 Å². The summed E-state index contributed by atoms with van der Waals surface area (Å²) in [5.41, 5.74) is 5.40. The van der Waals surface area contributed by atoms with Gasteiger partial charge in [0, 0.05) is 5.57 Å². The molecule has 0 spiro atoms. The van der Waals surface area contributed by atoms with E-state index in [0.717, 1.165) is 11.1 Å². The first-order valence-corrected chi connectivity index (χ1v) is 7.22. The van der Waals surface area contributed by atoms with E-state index in [9.17, 15) is 9.90 Å². The van der Waals surface area contributed by atoms with Gasteiger partial charge >= 0.3 is 5.97 Å². The van der Waals surface area contributed by atoms with Gasteiger partial charge in [-0.2, -0.15) is 0 Å². The molecule has 0 aliphatic heterocycles. The maximum absolute atomic E-state index is 11.2. The molecule has 4 nitrogen and oxygen atoms in total. The summed E-state index contributed by atoms with van der Waals surface area (Å²) >= 11 is 0. The van der Waals surface area contributed by atoms with Crippen molar-refractivity contribution in [1.29, 1.82) is 0 Å². The van der Waals surface area contributed by atoms with Crippen molar-refractivity contribution in [3.63, 3.8) is 0 Å². The van der Waals surface area contributed by atoms with Gasteiger partial charge in [-0.1, -0.05) is 54.6 Å². The Labute approximate surface area is 133 Å². The molecular weight excluding hydrogens is 290 g/mol. The molecule has 1 heterocycles. The standard InChI is InChI=1S/C19H15NO3/c1-13-17(19(21)22)23-18(20-13)16(15-11-7-4-8-12-15)14-9-5-2-3-6-10-14/h2-9,11-12,16H,1H3,(H,21,22). The van der Waals surface area contributed by atoms with Crippen molar-refractivity contribution < 1.29 is 14.3 Å². The van der Waals surface area contributed by atoms with E-state index < -0.39 is 5.97 Å². The smallest absolute Gasteiger partial charge is 0.373 e. The fraction of sp³-hybridized carbons (Fsp3) is 0.105. The van der Waals surface area contributed by atoms with Crippen LogP contribution in [0.15, 0.2) is 76.4 Å². The van der Waals surface area contributed by atoms with Crippen LogP contribution < -0.4 is 0 Å². The van der Waals surface area contributed by atoms with E-state index in [1.807, 2.05) is 60.7 Å². The number of rotatable bonds is 4. The maximum Gasteiger partial charge on any atom is 0.373 e. The molecular formula is C19H15NO3. The number of benzene rings is 1. The van der Waals surface area contributed by atoms with Crippen LogP contribution >= 0.6 is 0 Å². The van der Waals surface area contributed by atoms with Gasteiger partial charge < -0.3 is 9.52 Å². The van der Waals surface area contributed by atoms with Crippen LogP contribution in [0.2, 0.25) is 0 Å². The molecule has 0 saturated carbocycles. The third-order valence-corrected chi connectivity index (χ3v) is 3.54. The lowest BCUT2D eigenvalue weighted by Gasteiger charge is -2.13. The van der Waals surface area contributed by atoms with E-state index in [1.165, 1.54) is 0 Å². The van der Waals surface area contributed by atoms with Crippen LogP contribution in [-0.4, -0.2) is 16.1 Å². The molecule has 1 aliphatic carbocycles. The minimum atomic E-state index is -1.12. The van der Waals surface area contributed by atoms with Crippen molar-refractivity contribution in [1.82, 2.24) is 4.98 Å². The van der Waals surface area contributed by atoms with Gasteiger partial charge in [0.05, 0.1) is 11.6 Å². The molecule has 2 aromatic rings. The minimum absolute atomic E-state index is 0.124. The summed E-state index contributed by atoms with van der Waals surface area (Å²) in [6.07, 6.45) is 9.45. The zero-order valence-corrected chi connectivity index (χ0v) is 12.6. The predicted molar refractivity (Wildman–Crippen MR) is 86.4 cm³/mol. The van der Waals surface area contributed by atoms with Gasteiger partial charge in [0.1, 0.15) is 0 Å². The summed E-state index contributed by atoms with van der Waals surface area (Å²) in [5.74, 6) is -1.19. The van der Waals surface area contributed by atoms with E-state index >= 15 is 0 Å². The summed E-state index contributed by atoms with van der Waals surface area (Å²) < 4.78 is 5.55. The highest BCUT2D eigenvalue weighted by Gasteiger charge is 2.26. The Bertz CT molecular complexity index is 850. The fourth-order valence-electron chi connectivity index (χ4n) is 2.49. The first-order valence-electron chi connectivity index (χ1n) is 7.22. The molecule has 1 aromatic carbocycles. The van der Waals surface area contributed by atoms with Crippen molar-refractivity contribution in [2.45, 2.75) is 12.8 Å². The Morgan fingerprint density at radius 3 is 2.70 bits per heavy atom. The Morgan fingerprint density at radius 2 is 2.00 bits per heavy atom. The normalized spacial score (nSPS) is 14.4. The summed E-state index contributed by atoms with van der Waals surface area (Å²) in [5, 5.41) is 9.20. The Balaban J connectivity index is 2.15. The molecule has 114 valence electrons. The number of allylic oxidation sites excluding steroid dienone is 5. The molecule has 1 unspecified atom stereocenters. The quantitative estimate of drug-likeness (QED) is 0.867. The second kappa shape index (κ2) is 6.34. The molecule has 23 heavy (non-hydrogen) atoms. The monoisotopic (exact) mass is 305 g/mol. The zero-order chi connectivity index (χ0) is 16.2. The first-order chi connectivity index (χ1) is 11.2. The van der Waals surface area contributed by atoms with Crippen molar-refractivity contribution >= 4 is 5.97 Å². The van der Waals surface area contributed by atoms with Gasteiger partial charge in [0.2, 0.25) is 11.7 Å². The largest absolute Gasteiger partial charge is 0.475 e. The van der Waals surface area contributed by atoms with Crippen molar-refractivity contribution in [3.05, 3.63) is 94.9 Å². The highest BCUT2D eigenvalue weighted by atomic mass is 16.4. The van der Waals surface area contributed by atoms with Gasteiger partial charge in [-0.05, 0) is 18.6 Å². The lowest BCUT2D eigenvalue weighted by atomic mass is 9.91. The molecule has 0 saturated heterocycles. The van der Waals surface area contributed by atoms with Crippen LogP contribution in [0, 0.1) is 6.92 Å². The highest BCUT2D eigenvalue weighted by Crippen LogP contribution is 2.33. The van der Waals surface area contributed by atoms with Gasteiger partial charge in [-0.3, -0.25) is 0 Å². The number of aromatic carboxylic acids is 1. The van der Waals surface area contributed by atoms with Gasteiger partial charge in [-0.25, -0.2) is 9.78 Å². The molecule has 1 atom stereocenters. The summed E-state index contributed by atoms with van der Waals surface area (Å²) in [6, 6.07) is 9.72. The predicted octanol–water partition coefficient (Wildman–Crippen LogP) is 4.02. The minimum Gasteiger partial charge on any atom is -0.475 e. The average Bonchev–Trinajstić information content (AvgIpc) is 2.75. The van der Waals surface area contributed by atoms with Crippen LogP contribution in [-0.2, 0) is 0 Å². The van der Waals surface area contributed by atoms with Gasteiger partial charge in [-0.15, -0.1) is 5.73 Å². The molecule has 0 radical (unpaired) electrons. The van der Waals surface area contributed by atoms with E-state index in [2.05, 4.69) is 10.7 Å². The second-order valence-electron chi connectivity index (χ2n) is 5.13. The van der Waals surface area contributed by atoms with Crippen molar-refractivity contribution in [2.24, 2.45) is 0 Å². The summed E-state index contributed by atoms with van der Waals surface area (Å²) in [6.45, 7) is 1.63. The van der Waals surface area contributed by atoms with Crippen LogP contribution in [0.4, 0.5) is 0 Å². The van der Waals surface area contributed by atoms with Gasteiger partial charge in [0.25, 0.3) is 0 Å². The van der Waals surface area contributed by atoms with Gasteiger partial charge in [0.15, 0.2) is 0 Å². The first kappa shape index (κ1) is 14.8. The fourth-order valence-corrected chi connectivity index (χ4v) is 2.49. The van der Waals surface area contributed by atoms with Crippen molar-refractivity contribution in [2.75, 3.05) is 0 Å². The number of carboxylic acid groups (broad SMARTS) is 1. The SMILES string of the molecule is Cc1nc(C(C2=C=CC=CC=C2)c2ccccc2)oc1C(=O)O. The third-order valence-electron chi connectivity index (χ3n) is 3.54. The molecule has 1 aliphatic rings. The number of carbonyl (C=O) groups is 1. The topological polar surface area (TPSA) is 63.3 Å². The number of oxazole rings is 1. The Morgan fingerprint density at radius 1 is 1.22 bits per heavy atom. The van der Waals surface area contributed by atoms with Crippen molar-refractivity contribution in [3.8, 4) is 0 Å². The molecule has 1 aromatic heterocycles. The van der Waals surface area contributed by atoms with E-state index in [-0.39, 0.29) is 11.7 Å².